The number of anilines is 5. The van der Waals surface area contributed by atoms with Crippen LogP contribution in [0.5, 0.6) is 11.5 Å². The minimum absolute atomic E-state index is 0.596. The smallest absolute Gasteiger partial charge is 0.118 e. The first-order valence-electron chi connectivity index (χ1n) is 31.2. The Labute approximate surface area is 517 Å². The summed E-state index contributed by atoms with van der Waals surface area (Å²) in [5.41, 5.74) is 25.3. The molecule has 0 saturated heterocycles. The van der Waals surface area contributed by atoms with Crippen LogP contribution in [0.15, 0.2) is 260 Å². The summed E-state index contributed by atoms with van der Waals surface area (Å²) in [7, 11) is 3.40. The van der Waals surface area contributed by atoms with E-state index in [4.69, 9.17) is 9.47 Å². The second-order valence-corrected chi connectivity index (χ2v) is 22.9. The Balaban J connectivity index is 0.768. The molecule has 4 nitrogen and oxygen atoms in total. The summed E-state index contributed by atoms with van der Waals surface area (Å²) < 4.78 is 10.7. The van der Waals surface area contributed by atoms with Gasteiger partial charge < -0.3 is 19.3 Å². The lowest BCUT2D eigenvalue weighted by atomic mass is 9.87. The lowest BCUT2D eigenvalue weighted by Gasteiger charge is -2.32. The average Bonchev–Trinajstić information content (AvgIpc) is 3.76. The molecular weight excluding hydrogens is 1060 g/mol. The van der Waals surface area contributed by atoms with Crippen LogP contribution >= 0.6 is 0 Å². The number of aryl methyl sites for hydroxylation is 2. The van der Waals surface area contributed by atoms with Crippen molar-refractivity contribution in [3.8, 4) is 56.0 Å². The van der Waals surface area contributed by atoms with E-state index in [9.17, 15) is 0 Å². The lowest BCUT2D eigenvalue weighted by molar-refractivity contribution is 0.414. The summed E-state index contributed by atoms with van der Waals surface area (Å²) in [6.45, 7) is 9.10. The van der Waals surface area contributed by atoms with E-state index in [0.717, 1.165) is 75.8 Å². The largest absolute Gasteiger partial charge is 0.497 e. The van der Waals surface area contributed by atoms with Crippen LogP contribution in [0.3, 0.4) is 0 Å². The molecule has 0 saturated carbocycles. The Morgan fingerprint density at radius 3 is 1.09 bits per heavy atom. The molecule has 1 atom stereocenters. The van der Waals surface area contributed by atoms with E-state index >= 15 is 0 Å². The van der Waals surface area contributed by atoms with Crippen molar-refractivity contribution in [1.82, 2.24) is 0 Å². The first kappa shape index (κ1) is 59.1. The van der Waals surface area contributed by atoms with E-state index < -0.39 is 0 Å². The van der Waals surface area contributed by atoms with Gasteiger partial charge in [-0.05, 0) is 213 Å². The van der Waals surface area contributed by atoms with Gasteiger partial charge in [0, 0.05) is 34.1 Å². The van der Waals surface area contributed by atoms with Crippen LogP contribution in [-0.4, -0.2) is 14.2 Å². The maximum absolute atomic E-state index is 5.36. The van der Waals surface area contributed by atoms with Crippen LogP contribution in [0.4, 0.5) is 28.4 Å². The Kier molecular flexibility index (Phi) is 19.4. The average molecular weight is 1140 g/mol. The normalized spacial score (nSPS) is 13.1. The molecule has 0 aliphatic heterocycles. The number of hydrogen-bond acceptors (Lipinski definition) is 4. The van der Waals surface area contributed by atoms with Gasteiger partial charge in [0.2, 0.25) is 0 Å². The third kappa shape index (κ3) is 14.5. The molecule has 1 aliphatic carbocycles. The fourth-order valence-electron chi connectivity index (χ4n) is 11.9. The van der Waals surface area contributed by atoms with Gasteiger partial charge in [0.25, 0.3) is 0 Å². The van der Waals surface area contributed by atoms with Gasteiger partial charge in [-0.15, -0.1) is 0 Å². The van der Waals surface area contributed by atoms with Crippen LogP contribution < -0.4 is 19.3 Å². The van der Waals surface area contributed by atoms with E-state index in [1.807, 2.05) is 24.3 Å². The molecule has 10 aromatic carbocycles. The van der Waals surface area contributed by atoms with E-state index in [-0.39, 0.29) is 0 Å². The number of hydrogen-bond donors (Lipinski definition) is 0. The molecule has 11 rings (SSSR count). The number of nitrogens with zero attached hydrogens (tertiary/aromatic N) is 2. The van der Waals surface area contributed by atoms with Crippen molar-refractivity contribution in [2.75, 3.05) is 24.0 Å². The Morgan fingerprint density at radius 2 is 0.747 bits per heavy atom. The molecule has 0 radical (unpaired) electrons. The van der Waals surface area contributed by atoms with E-state index in [1.165, 1.54) is 105 Å². The first-order valence-corrected chi connectivity index (χ1v) is 31.2. The second-order valence-electron chi connectivity index (χ2n) is 22.9. The van der Waals surface area contributed by atoms with E-state index in [0.29, 0.717) is 5.92 Å². The van der Waals surface area contributed by atoms with Gasteiger partial charge >= 0.3 is 0 Å². The molecule has 0 heterocycles. The number of benzene rings is 10. The van der Waals surface area contributed by atoms with Gasteiger partial charge in [-0.1, -0.05) is 228 Å². The maximum atomic E-state index is 5.36. The van der Waals surface area contributed by atoms with Crippen LogP contribution in [0.2, 0.25) is 0 Å². The van der Waals surface area contributed by atoms with Crippen molar-refractivity contribution in [3.63, 3.8) is 0 Å². The molecule has 4 heteroatoms. The summed E-state index contributed by atoms with van der Waals surface area (Å²) in [4.78, 5) is 4.85. The minimum atomic E-state index is 0.596. The predicted octanol–water partition coefficient (Wildman–Crippen LogP) is 23.4. The minimum Gasteiger partial charge on any atom is -0.497 e. The summed E-state index contributed by atoms with van der Waals surface area (Å²) in [6.07, 6.45) is 22.8. The van der Waals surface area contributed by atoms with Crippen molar-refractivity contribution >= 4 is 52.7 Å². The van der Waals surface area contributed by atoms with Crippen LogP contribution in [-0.2, 0) is 6.42 Å². The Morgan fingerprint density at radius 1 is 0.402 bits per heavy atom. The quantitative estimate of drug-likeness (QED) is 0.0596. The molecular formula is C83H80N2O2. The van der Waals surface area contributed by atoms with Crippen LogP contribution in [0.1, 0.15) is 99.1 Å². The van der Waals surface area contributed by atoms with Gasteiger partial charge in [-0.2, -0.15) is 0 Å². The summed E-state index contributed by atoms with van der Waals surface area (Å²) in [5, 5.41) is 0. The molecule has 0 bridgehead atoms. The molecule has 1 aliphatic rings. The number of rotatable bonds is 23. The molecule has 0 fully saturated rings. The van der Waals surface area contributed by atoms with Gasteiger partial charge in [0.1, 0.15) is 11.5 Å². The zero-order valence-corrected chi connectivity index (χ0v) is 51.4. The predicted molar refractivity (Wildman–Crippen MR) is 373 cm³/mol. The molecule has 0 aromatic heterocycles. The highest BCUT2D eigenvalue weighted by molar-refractivity contribution is 5.83. The third-order valence-corrected chi connectivity index (χ3v) is 17.0. The fourth-order valence-corrected chi connectivity index (χ4v) is 11.9. The first-order chi connectivity index (χ1) is 42.8. The second kappa shape index (κ2) is 28.5. The Bertz CT molecular complexity index is 3970. The maximum Gasteiger partial charge on any atom is 0.118 e. The monoisotopic (exact) mass is 1140 g/mol. The highest BCUT2D eigenvalue weighted by Gasteiger charge is 2.23. The summed E-state index contributed by atoms with van der Waals surface area (Å²) in [5.74, 6) is 2.32. The topological polar surface area (TPSA) is 24.9 Å². The van der Waals surface area contributed by atoms with Crippen molar-refractivity contribution in [1.29, 1.82) is 0 Å². The number of allylic oxidation sites excluding steroid dienone is 3. The zero-order chi connectivity index (χ0) is 59.9. The van der Waals surface area contributed by atoms with Gasteiger partial charge in [0.15, 0.2) is 0 Å². The molecule has 0 amide bonds. The van der Waals surface area contributed by atoms with Crippen molar-refractivity contribution < 1.29 is 9.47 Å². The number of ether oxygens (including phenoxy) is 2. The molecule has 0 N–H and O–H groups in total. The molecule has 10 aromatic rings. The standard InChI is InChI=1S/C83H80N2O2/c1-7-10-12-65-26-56-82(60(4)58-65)84(76-44-18-61(19-45-76)14-16-63-22-52-80(86-5)53-23-63)78-48-40-74(41-49-78)72-36-32-70(33-37-72)68-28-30-69(31-29-68)71-34-38-73(39-35-71)75-42-50-79(51-43-75)85(83-57-27-66(13-11-8-2)59-67(83)9-3)77-46-20-62(21-47-77)15-17-64-24-54-81(87-6)55-25-64/h14-58,66H,7-13,59H2,1-6H3/b16-14+,17-15+/t66-/m1/s1. The van der Waals surface area contributed by atoms with E-state index in [2.05, 4.69) is 286 Å². The van der Waals surface area contributed by atoms with Gasteiger partial charge in [-0.3, -0.25) is 0 Å². The van der Waals surface area contributed by atoms with Gasteiger partial charge in [-0.25, -0.2) is 0 Å². The summed E-state index contributed by atoms with van der Waals surface area (Å²) in [6, 6.07) is 86.2. The van der Waals surface area contributed by atoms with Crippen molar-refractivity contribution in [2.24, 2.45) is 5.92 Å². The van der Waals surface area contributed by atoms with E-state index in [1.54, 1.807) is 14.2 Å². The summed E-state index contributed by atoms with van der Waals surface area (Å²) >= 11 is 0. The Hall–Kier alpha value is -9.64. The molecule has 0 unspecified atom stereocenters. The molecule has 434 valence electrons. The number of methoxy groups -OCH3 is 2. The highest BCUT2D eigenvalue weighted by Crippen LogP contribution is 2.41. The molecule has 0 spiro atoms. The zero-order valence-electron chi connectivity index (χ0n) is 51.4. The fraction of sp³-hybridized carbons (Fsp3) is 0.181. The lowest BCUT2D eigenvalue weighted by Crippen LogP contribution is -2.20. The SMILES string of the molecule is CCCCc1ccc(N(c2ccc(/C=C/c3ccc(OC)cc3)cc2)c2ccc(-c3ccc(-c4ccc(-c5ccc(-c6ccc(N(C7=C(CC)C[C@H](CCCC)C=C7)c7ccc(/C=C/c8ccc(OC)cc8)cc7)cc6)cc5)cc4)cc3)cc2)c(C)c1. The number of unbranched alkanes of at least 4 members (excludes halogenated alkanes) is 2. The van der Waals surface area contributed by atoms with Crippen molar-refractivity contribution in [3.05, 3.63) is 293 Å². The molecule has 87 heavy (non-hydrogen) atoms. The van der Waals surface area contributed by atoms with Crippen LogP contribution in [0, 0.1) is 12.8 Å². The van der Waals surface area contributed by atoms with Crippen LogP contribution in [0.25, 0.3) is 68.8 Å². The third-order valence-electron chi connectivity index (χ3n) is 17.0. The van der Waals surface area contributed by atoms with Gasteiger partial charge in [0.05, 0.1) is 14.2 Å². The van der Waals surface area contributed by atoms with Crippen molar-refractivity contribution in [2.45, 2.75) is 79.1 Å². The highest BCUT2D eigenvalue weighted by atomic mass is 16.5.